The summed E-state index contributed by atoms with van der Waals surface area (Å²) in [7, 11) is 0. The van der Waals surface area contributed by atoms with Crippen LogP contribution in [0.25, 0.3) is 11.3 Å². The molecule has 0 fully saturated rings. The molecule has 3 aromatic rings. The SMILES string of the molecule is O=C(O)CNc1nc(Nc2cccc(Br)c2)cc(-c2cccnc2)n1. The minimum Gasteiger partial charge on any atom is -0.480 e. The van der Waals surface area contributed by atoms with Gasteiger partial charge in [-0.05, 0) is 30.3 Å². The third-order valence-electron chi connectivity index (χ3n) is 3.18. The Morgan fingerprint density at radius 3 is 2.76 bits per heavy atom. The van der Waals surface area contributed by atoms with Gasteiger partial charge in [-0.15, -0.1) is 0 Å². The number of nitrogens with zero attached hydrogens (tertiary/aromatic N) is 3. The van der Waals surface area contributed by atoms with Crippen molar-refractivity contribution in [2.24, 2.45) is 0 Å². The van der Waals surface area contributed by atoms with Gasteiger partial charge in [-0.2, -0.15) is 4.98 Å². The van der Waals surface area contributed by atoms with Gasteiger partial charge in [0.15, 0.2) is 0 Å². The van der Waals surface area contributed by atoms with Crippen molar-refractivity contribution in [1.82, 2.24) is 15.0 Å². The van der Waals surface area contributed by atoms with E-state index in [2.05, 4.69) is 41.5 Å². The lowest BCUT2D eigenvalue weighted by molar-refractivity contribution is -0.134. The van der Waals surface area contributed by atoms with Gasteiger partial charge >= 0.3 is 5.97 Å². The Bertz CT molecular complexity index is 889. The lowest BCUT2D eigenvalue weighted by Crippen LogP contribution is -2.15. The number of nitrogens with one attached hydrogen (secondary N) is 2. The molecule has 0 atom stereocenters. The highest BCUT2D eigenvalue weighted by Gasteiger charge is 2.08. The molecule has 7 nitrogen and oxygen atoms in total. The van der Waals surface area contributed by atoms with Crippen LogP contribution in [0.4, 0.5) is 17.5 Å². The Morgan fingerprint density at radius 1 is 1.16 bits per heavy atom. The molecule has 0 aliphatic rings. The van der Waals surface area contributed by atoms with Crippen molar-refractivity contribution in [3.63, 3.8) is 0 Å². The van der Waals surface area contributed by atoms with Gasteiger partial charge in [0, 0.05) is 34.2 Å². The van der Waals surface area contributed by atoms with Crippen molar-refractivity contribution >= 4 is 39.4 Å². The fourth-order valence-electron chi connectivity index (χ4n) is 2.12. The highest BCUT2D eigenvalue weighted by Crippen LogP contribution is 2.24. The molecular weight excluding hydrogens is 386 g/mol. The summed E-state index contributed by atoms with van der Waals surface area (Å²) in [5.41, 5.74) is 2.28. The number of carboxylic acids is 1. The van der Waals surface area contributed by atoms with E-state index < -0.39 is 5.97 Å². The molecule has 1 aromatic carbocycles. The quantitative estimate of drug-likeness (QED) is 0.582. The van der Waals surface area contributed by atoms with Gasteiger partial charge in [-0.3, -0.25) is 9.78 Å². The number of hydrogen-bond donors (Lipinski definition) is 3. The molecule has 0 spiro atoms. The zero-order valence-corrected chi connectivity index (χ0v) is 14.6. The van der Waals surface area contributed by atoms with Crippen LogP contribution in [0.3, 0.4) is 0 Å². The lowest BCUT2D eigenvalue weighted by Gasteiger charge is -2.11. The number of halogens is 1. The van der Waals surface area contributed by atoms with Crippen LogP contribution in [0, 0.1) is 0 Å². The Kier molecular flexibility index (Phi) is 5.20. The molecule has 25 heavy (non-hydrogen) atoms. The molecule has 0 unspecified atom stereocenters. The summed E-state index contributed by atoms with van der Waals surface area (Å²) in [6.45, 7) is -0.271. The summed E-state index contributed by atoms with van der Waals surface area (Å²) in [5.74, 6) is -0.224. The van der Waals surface area contributed by atoms with Gasteiger partial charge in [0.1, 0.15) is 12.4 Å². The van der Waals surface area contributed by atoms with Gasteiger partial charge in [-0.1, -0.05) is 22.0 Å². The maximum atomic E-state index is 10.8. The van der Waals surface area contributed by atoms with Crippen molar-refractivity contribution in [1.29, 1.82) is 0 Å². The Hall–Kier alpha value is -3.00. The van der Waals surface area contributed by atoms with Crippen molar-refractivity contribution in [2.75, 3.05) is 17.2 Å². The van der Waals surface area contributed by atoms with E-state index in [0.717, 1.165) is 15.7 Å². The Balaban J connectivity index is 1.95. The van der Waals surface area contributed by atoms with Crippen molar-refractivity contribution < 1.29 is 9.90 Å². The predicted molar refractivity (Wildman–Crippen MR) is 98.8 cm³/mol. The lowest BCUT2D eigenvalue weighted by atomic mass is 10.2. The first-order chi connectivity index (χ1) is 12.1. The van der Waals surface area contributed by atoms with Gasteiger partial charge < -0.3 is 15.7 Å². The zero-order valence-electron chi connectivity index (χ0n) is 13.0. The number of pyridine rings is 1. The molecular formula is C17H14BrN5O2. The fourth-order valence-corrected chi connectivity index (χ4v) is 2.52. The first-order valence-electron chi connectivity index (χ1n) is 7.38. The molecule has 2 aromatic heterocycles. The molecule has 0 saturated carbocycles. The fraction of sp³-hybridized carbons (Fsp3) is 0.0588. The van der Waals surface area contributed by atoms with Crippen LogP contribution in [0.5, 0.6) is 0 Å². The first-order valence-corrected chi connectivity index (χ1v) is 8.17. The van der Waals surface area contributed by atoms with Gasteiger partial charge in [0.25, 0.3) is 0 Å². The number of hydrogen-bond acceptors (Lipinski definition) is 6. The van der Waals surface area contributed by atoms with Crippen LogP contribution in [-0.4, -0.2) is 32.6 Å². The summed E-state index contributed by atoms with van der Waals surface area (Å²) in [6.07, 6.45) is 3.36. The average molecular weight is 400 g/mol. The molecule has 0 saturated heterocycles. The van der Waals surface area contributed by atoms with Gasteiger partial charge in [0.05, 0.1) is 5.69 Å². The van der Waals surface area contributed by atoms with E-state index >= 15 is 0 Å². The third-order valence-corrected chi connectivity index (χ3v) is 3.67. The maximum Gasteiger partial charge on any atom is 0.322 e. The normalized spacial score (nSPS) is 10.3. The molecule has 0 aliphatic carbocycles. The summed E-state index contributed by atoms with van der Waals surface area (Å²) in [6, 6.07) is 13.1. The van der Waals surface area contributed by atoms with Crippen molar-refractivity contribution in [3.05, 3.63) is 59.3 Å². The second kappa shape index (κ2) is 7.71. The summed E-state index contributed by atoms with van der Waals surface area (Å²) < 4.78 is 0.934. The molecule has 0 bridgehead atoms. The van der Waals surface area contributed by atoms with E-state index in [1.165, 1.54) is 0 Å². The number of aromatic nitrogens is 3. The molecule has 0 aliphatic heterocycles. The average Bonchev–Trinajstić information content (AvgIpc) is 2.60. The molecule has 3 N–H and O–H groups in total. The molecule has 2 heterocycles. The van der Waals surface area contributed by atoms with Crippen LogP contribution in [0.1, 0.15) is 0 Å². The van der Waals surface area contributed by atoms with E-state index in [4.69, 9.17) is 5.11 Å². The highest BCUT2D eigenvalue weighted by molar-refractivity contribution is 9.10. The molecule has 126 valence electrons. The van der Waals surface area contributed by atoms with E-state index in [-0.39, 0.29) is 12.5 Å². The summed E-state index contributed by atoms with van der Waals surface area (Å²) in [5, 5.41) is 14.7. The third kappa shape index (κ3) is 4.74. The van der Waals surface area contributed by atoms with Crippen LogP contribution in [0.15, 0.2) is 59.3 Å². The first kappa shape index (κ1) is 16.8. The van der Waals surface area contributed by atoms with E-state index in [1.807, 2.05) is 36.4 Å². The Labute approximate surface area is 152 Å². The largest absolute Gasteiger partial charge is 0.480 e. The summed E-state index contributed by atoms with van der Waals surface area (Å²) >= 11 is 3.42. The number of carboxylic acid groups (broad SMARTS) is 1. The number of rotatable bonds is 6. The zero-order chi connectivity index (χ0) is 17.6. The van der Waals surface area contributed by atoms with Crippen LogP contribution >= 0.6 is 15.9 Å². The molecule has 8 heteroatoms. The van der Waals surface area contributed by atoms with Crippen molar-refractivity contribution in [2.45, 2.75) is 0 Å². The molecule has 0 amide bonds. The number of aliphatic carboxylic acids is 1. The van der Waals surface area contributed by atoms with E-state index in [1.54, 1.807) is 18.5 Å². The van der Waals surface area contributed by atoms with Crippen LogP contribution in [-0.2, 0) is 4.79 Å². The Morgan fingerprint density at radius 2 is 2.04 bits per heavy atom. The smallest absolute Gasteiger partial charge is 0.322 e. The minimum absolute atomic E-state index is 0.223. The van der Waals surface area contributed by atoms with Crippen molar-refractivity contribution in [3.8, 4) is 11.3 Å². The molecule has 0 radical (unpaired) electrons. The van der Waals surface area contributed by atoms with Crippen LogP contribution in [0.2, 0.25) is 0 Å². The topological polar surface area (TPSA) is 100 Å². The maximum absolute atomic E-state index is 10.8. The van der Waals surface area contributed by atoms with E-state index in [9.17, 15) is 4.79 Å². The molecule has 3 rings (SSSR count). The summed E-state index contributed by atoms with van der Waals surface area (Å²) in [4.78, 5) is 23.6. The predicted octanol–water partition coefficient (Wildman–Crippen LogP) is 3.54. The number of carbonyl (C=O) groups is 1. The monoisotopic (exact) mass is 399 g/mol. The second-order valence-corrected chi connectivity index (χ2v) is 6.00. The number of benzene rings is 1. The minimum atomic E-state index is -0.989. The standard InChI is InChI=1S/C17H14BrN5O2/c18-12-4-1-5-13(7-12)21-15-8-14(11-3-2-6-19-9-11)22-17(23-15)20-10-16(24)25/h1-9H,10H2,(H,24,25)(H2,20,21,22,23). The van der Waals surface area contributed by atoms with E-state index in [0.29, 0.717) is 11.5 Å². The van der Waals surface area contributed by atoms with Crippen LogP contribution < -0.4 is 10.6 Å². The second-order valence-electron chi connectivity index (χ2n) is 5.09. The van der Waals surface area contributed by atoms with Gasteiger partial charge in [-0.25, -0.2) is 4.98 Å². The highest BCUT2D eigenvalue weighted by atomic mass is 79.9. The van der Waals surface area contributed by atoms with Gasteiger partial charge in [0.2, 0.25) is 5.95 Å². The number of anilines is 3.